The van der Waals surface area contributed by atoms with E-state index < -0.39 is 34.1 Å². The first kappa shape index (κ1) is 37.6. The van der Waals surface area contributed by atoms with E-state index in [4.69, 9.17) is 5.21 Å². The van der Waals surface area contributed by atoms with Gasteiger partial charge in [-0.15, -0.1) is 11.3 Å². The first-order chi connectivity index (χ1) is 24.5. The van der Waals surface area contributed by atoms with Gasteiger partial charge in [0.1, 0.15) is 6.04 Å². The third-order valence-electron chi connectivity index (χ3n) is 8.65. The number of nitrogens with one attached hydrogen (secondary N) is 1. The minimum atomic E-state index is -4.19. The topological polar surface area (TPSA) is 169 Å². The molecular formula is C36H43N7O6S2. The van der Waals surface area contributed by atoms with Gasteiger partial charge in [0.15, 0.2) is 0 Å². The Balaban J connectivity index is 1.40. The number of oxime groups is 1. The molecule has 3 amide bonds. The summed E-state index contributed by atoms with van der Waals surface area (Å²) in [6.45, 7) is 6.27. The van der Waals surface area contributed by atoms with Crippen molar-refractivity contribution >= 4 is 39.5 Å². The molecule has 2 aromatic carbocycles. The van der Waals surface area contributed by atoms with E-state index in [-0.39, 0.29) is 36.4 Å². The van der Waals surface area contributed by atoms with Crippen molar-refractivity contribution in [1.82, 2.24) is 29.4 Å². The minimum Gasteiger partial charge on any atom is -0.411 e. The number of aromatic nitrogens is 2. The van der Waals surface area contributed by atoms with Crippen LogP contribution in [0.15, 0.2) is 94.4 Å². The lowest BCUT2D eigenvalue weighted by atomic mass is 9.98. The zero-order valence-electron chi connectivity index (χ0n) is 28.7. The second kappa shape index (κ2) is 17.0. The lowest BCUT2D eigenvalue weighted by Crippen LogP contribution is -2.57. The van der Waals surface area contributed by atoms with Gasteiger partial charge in [-0.05, 0) is 54.7 Å². The van der Waals surface area contributed by atoms with Crippen molar-refractivity contribution in [2.45, 2.75) is 63.4 Å². The Hall–Kier alpha value is -4.70. The number of rotatable bonds is 16. The lowest BCUT2D eigenvalue weighted by Gasteiger charge is -2.34. The first-order valence-electron chi connectivity index (χ1n) is 16.6. The van der Waals surface area contributed by atoms with Crippen LogP contribution < -0.4 is 5.32 Å². The molecule has 270 valence electrons. The highest BCUT2D eigenvalue weighted by Gasteiger charge is 2.40. The molecule has 15 heteroatoms. The van der Waals surface area contributed by atoms with Crippen molar-refractivity contribution in [2.75, 3.05) is 19.6 Å². The van der Waals surface area contributed by atoms with Crippen LogP contribution in [0.4, 0.5) is 4.79 Å². The van der Waals surface area contributed by atoms with E-state index in [1.54, 1.807) is 34.2 Å². The number of hydrogen-bond donors (Lipinski definition) is 3. The number of aryl methyl sites for hydroxylation is 1. The van der Waals surface area contributed by atoms with Crippen LogP contribution in [-0.2, 0) is 34.3 Å². The Morgan fingerprint density at radius 3 is 2.41 bits per heavy atom. The summed E-state index contributed by atoms with van der Waals surface area (Å²) in [5.41, 5.74) is 2.58. The number of aliphatic hydroxyl groups excluding tert-OH is 1. The molecule has 1 aliphatic rings. The number of thiazole rings is 1. The Morgan fingerprint density at radius 1 is 1.06 bits per heavy atom. The Labute approximate surface area is 302 Å². The van der Waals surface area contributed by atoms with Crippen LogP contribution in [0.25, 0.3) is 0 Å². The van der Waals surface area contributed by atoms with E-state index in [2.05, 4.69) is 20.4 Å². The molecule has 0 bridgehead atoms. The van der Waals surface area contributed by atoms with Crippen LogP contribution in [-0.4, -0.2) is 98.8 Å². The zero-order valence-corrected chi connectivity index (χ0v) is 30.4. The maximum absolute atomic E-state index is 14.2. The second-order valence-corrected chi connectivity index (χ2v) is 15.7. The van der Waals surface area contributed by atoms with Crippen LogP contribution in [0.5, 0.6) is 0 Å². The van der Waals surface area contributed by atoms with Gasteiger partial charge in [-0.2, -0.15) is 4.31 Å². The number of urea groups is 1. The summed E-state index contributed by atoms with van der Waals surface area (Å²) in [5, 5.41) is 29.6. The molecule has 1 saturated heterocycles. The van der Waals surface area contributed by atoms with Crippen LogP contribution in [0.2, 0.25) is 0 Å². The summed E-state index contributed by atoms with van der Waals surface area (Å²) in [6.07, 6.45) is 1.58. The molecule has 0 unspecified atom stereocenters. The van der Waals surface area contributed by atoms with Crippen LogP contribution in [0, 0.1) is 12.8 Å². The Bertz CT molecular complexity index is 1890. The molecule has 1 aliphatic heterocycles. The van der Waals surface area contributed by atoms with Gasteiger partial charge in [0.25, 0.3) is 0 Å². The molecule has 0 radical (unpaired) electrons. The standard InChI is InChI=1S/C36H43N7O6S2/c1-25(2)34(43-18-17-41(36(43)46)21-30-24-50-26(3)39-30)35(45)40-32(19-27-9-5-4-6-10-27)33(44)23-42(22-29-11-7-8-16-37-29)51(48,49)31-14-12-28(13-15-31)20-38-47/h4-16,20,24-25,32-34,44,47H,17-19,21-23H2,1-3H3,(H,40,45)/b38-20+/t32-,33+,34-/m0/s1. The number of nitrogens with zero attached hydrogens (tertiary/aromatic N) is 6. The third kappa shape index (κ3) is 9.55. The van der Waals surface area contributed by atoms with Crippen LogP contribution in [0.1, 0.15) is 41.4 Å². The number of benzene rings is 2. The molecule has 5 rings (SSSR count). The van der Waals surface area contributed by atoms with Gasteiger partial charge in [-0.1, -0.05) is 67.5 Å². The molecule has 13 nitrogen and oxygen atoms in total. The van der Waals surface area contributed by atoms with Gasteiger partial charge < -0.3 is 25.4 Å². The van der Waals surface area contributed by atoms with E-state index in [9.17, 15) is 23.1 Å². The van der Waals surface area contributed by atoms with Gasteiger partial charge in [-0.25, -0.2) is 18.2 Å². The van der Waals surface area contributed by atoms with Crippen molar-refractivity contribution < 1.29 is 28.3 Å². The summed E-state index contributed by atoms with van der Waals surface area (Å²) < 4.78 is 29.3. The maximum atomic E-state index is 14.2. The number of carbonyl (C=O) groups is 2. The fraction of sp³-hybridized carbons (Fsp3) is 0.361. The average molecular weight is 734 g/mol. The molecule has 0 saturated carbocycles. The van der Waals surface area contributed by atoms with E-state index in [1.807, 2.05) is 56.5 Å². The molecule has 4 aromatic rings. The minimum absolute atomic E-state index is 0.0332. The quantitative estimate of drug-likeness (QED) is 0.0886. The van der Waals surface area contributed by atoms with Gasteiger partial charge in [0.05, 0.1) is 52.7 Å². The number of pyridine rings is 1. The number of hydrogen-bond acceptors (Lipinski definition) is 10. The van der Waals surface area contributed by atoms with Gasteiger partial charge in [-0.3, -0.25) is 9.78 Å². The highest BCUT2D eigenvalue weighted by atomic mass is 32.2. The second-order valence-electron chi connectivity index (χ2n) is 12.7. The average Bonchev–Trinajstić information content (AvgIpc) is 3.69. The smallest absolute Gasteiger partial charge is 0.321 e. The summed E-state index contributed by atoms with van der Waals surface area (Å²) in [6, 6.07) is 18.2. The summed E-state index contributed by atoms with van der Waals surface area (Å²) in [7, 11) is -4.19. The van der Waals surface area contributed by atoms with Crippen molar-refractivity contribution in [2.24, 2.45) is 11.1 Å². The zero-order chi connectivity index (χ0) is 36.5. The van der Waals surface area contributed by atoms with E-state index in [0.29, 0.717) is 30.9 Å². The fourth-order valence-electron chi connectivity index (χ4n) is 6.10. The lowest BCUT2D eigenvalue weighted by molar-refractivity contribution is -0.128. The maximum Gasteiger partial charge on any atom is 0.321 e. The van der Waals surface area contributed by atoms with E-state index >= 15 is 0 Å². The molecule has 3 N–H and O–H groups in total. The predicted molar refractivity (Wildman–Crippen MR) is 194 cm³/mol. The SMILES string of the molecule is Cc1nc(CN2CCN([C@H](C(=O)N[C@@H](Cc3ccccc3)[C@H](O)CN(Cc3ccccn3)S(=O)(=O)c3ccc(/C=N/O)cc3)C(C)C)C2=O)cs1. The number of amides is 3. The largest absolute Gasteiger partial charge is 0.411 e. The highest BCUT2D eigenvalue weighted by Crippen LogP contribution is 2.23. The highest BCUT2D eigenvalue weighted by molar-refractivity contribution is 7.89. The number of aliphatic hydroxyl groups is 1. The van der Waals surface area contributed by atoms with E-state index in [0.717, 1.165) is 20.6 Å². The number of carbonyl (C=O) groups excluding carboxylic acids is 2. The normalized spacial score (nSPS) is 15.5. The molecule has 3 atom stereocenters. The third-order valence-corrected chi connectivity index (χ3v) is 11.3. The fourth-order valence-corrected chi connectivity index (χ4v) is 8.14. The summed E-state index contributed by atoms with van der Waals surface area (Å²) >= 11 is 1.51. The van der Waals surface area contributed by atoms with Crippen molar-refractivity contribution in [3.05, 3.63) is 112 Å². The van der Waals surface area contributed by atoms with Crippen LogP contribution >= 0.6 is 11.3 Å². The summed E-state index contributed by atoms with van der Waals surface area (Å²) in [4.78, 5) is 39.8. The van der Waals surface area contributed by atoms with Crippen molar-refractivity contribution in [1.29, 1.82) is 0 Å². The van der Waals surface area contributed by atoms with Gasteiger partial charge >= 0.3 is 6.03 Å². The van der Waals surface area contributed by atoms with Crippen molar-refractivity contribution in [3.63, 3.8) is 0 Å². The molecule has 3 heterocycles. The monoisotopic (exact) mass is 733 g/mol. The molecule has 0 spiro atoms. The van der Waals surface area contributed by atoms with Gasteiger partial charge in [0.2, 0.25) is 15.9 Å². The molecule has 1 fully saturated rings. The molecule has 0 aliphatic carbocycles. The summed E-state index contributed by atoms with van der Waals surface area (Å²) in [5.74, 6) is -0.699. The number of sulfonamides is 1. The van der Waals surface area contributed by atoms with Crippen LogP contribution in [0.3, 0.4) is 0 Å². The Morgan fingerprint density at radius 2 is 1.78 bits per heavy atom. The first-order valence-corrected chi connectivity index (χ1v) is 18.9. The molecule has 51 heavy (non-hydrogen) atoms. The van der Waals surface area contributed by atoms with Gasteiger partial charge in [0, 0.05) is 31.2 Å². The predicted octanol–water partition coefficient (Wildman–Crippen LogP) is 3.90. The van der Waals surface area contributed by atoms with E-state index in [1.165, 1.54) is 41.8 Å². The molecular weight excluding hydrogens is 691 g/mol. The van der Waals surface area contributed by atoms with Crippen molar-refractivity contribution in [3.8, 4) is 0 Å². The Kier molecular flexibility index (Phi) is 12.5. The molecule has 2 aromatic heterocycles.